The van der Waals surface area contributed by atoms with E-state index in [2.05, 4.69) is 10.6 Å². The van der Waals surface area contributed by atoms with Gasteiger partial charge < -0.3 is 15.4 Å². The molecule has 0 spiro atoms. The summed E-state index contributed by atoms with van der Waals surface area (Å²) in [6.45, 7) is 0.731. The average Bonchev–Trinajstić information content (AvgIpc) is 2.58. The molecular weight excluding hydrogens is 260 g/mol. The van der Waals surface area contributed by atoms with Gasteiger partial charge in [-0.15, -0.1) is 0 Å². The molecule has 0 radical (unpaired) electrons. The fourth-order valence-corrected chi connectivity index (χ4v) is 3.36. The lowest BCUT2D eigenvalue weighted by Crippen LogP contribution is -2.39. The molecule has 104 valence electrons. The molecule has 1 fully saturated rings. The number of nitrogens with one attached hydrogen (secondary N) is 2. The molecule has 1 atom stereocenters. The number of ether oxygens (including phenoxy) is 1. The van der Waals surface area contributed by atoms with Crippen molar-refractivity contribution in [3.63, 3.8) is 0 Å². The summed E-state index contributed by atoms with van der Waals surface area (Å²) < 4.78 is 27.1. The lowest BCUT2D eigenvalue weighted by atomic mass is 10.2. The Labute approximate surface area is 106 Å². The quantitative estimate of drug-likeness (QED) is 0.452. The van der Waals surface area contributed by atoms with E-state index in [9.17, 15) is 18.0 Å². The number of amides is 2. The highest BCUT2D eigenvalue weighted by Crippen LogP contribution is 2.11. The van der Waals surface area contributed by atoms with Crippen LogP contribution < -0.4 is 10.6 Å². The van der Waals surface area contributed by atoms with Crippen molar-refractivity contribution in [3.05, 3.63) is 0 Å². The Hall–Kier alpha value is -1.15. The van der Waals surface area contributed by atoms with Crippen molar-refractivity contribution in [2.45, 2.75) is 18.9 Å². The number of sulfone groups is 1. The molecule has 2 amide bonds. The third-order valence-electron chi connectivity index (χ3n) is 2.55. The first kappa shape index (κ1) is 14.9. The Balaban J connectivity index is 2.23. The molecule has 1 heterocycles. The van der Waals surface area contributed by atoms with Crippen molar-refractivity contribution in [1.82, 2.24) is 10.6 Å². The number of hydrogen-bond acceptors (Lipinski definition) is 5. The molecule has 1 aliphatic heterocycles. The Kier molecular flexibility index (Phi) is 5.54. The summed E-state index contributed by atoms with van der Waals surface area (Å²) in [5.41, 5.74) is 0. The molecule has 0 bridgehead atoms. The van der Waals surface area contributed by atoms with Gasteiger partial charge in [0.15, 0.2) is 9.84 Å². The van der Waals surface area contributed by atoms with Gasteiger partial charge in [0.2, 0.25) is 11.8 Å². The van der Waals surface area contributed by atoms with Crippen LogP contribution in [0.5, 0.6) is 0 Å². The zero-order valence-corrected chi connectivity index (χ0v) is 11.1. The van der Waals surface area contributed by atoms with Gasteiger partial charge in [0, 0.05) is 19.7 Å². The molecule has 2 N–H and O–H groups in total. The third kappa shape index (κ3) is 5.46. The highest BCUT2D eigenvalue weighted by Gasteiger charge is 2.29. The van der Waals surface area contributed by atoms with Crippen LogP contribution in [-0.2, 0) is 24.2 Å². The Bertz CT molecular complexity index is 406. The van der Waals surface area contributed by atoms with Gasteiger partial charge in [-0.05, 0) is 6.42 Å². The van der Waals surface area contributed by atoms with Crippen LogP contribution >= 0.6 is 0 Å². The smallest absolute Gasteiger partial charge is 0.229 e. The first-order chi connectivity index (χ1) is 8.43. The van der Waals surface area contributed by atoms with Gasteiger partial charge in [0.1, 0.15) is 6.42 Å². The van der Waals surface area contributed by atoms with Gasteiger partial charge in [-0.25, -0.2) is 8.42 Å². The molecule has 1 unspecified atom stereocenters. The van der Waals surface area contributed by atoms with E-state index < -0.39 is 21.7 Å². The number of hydrogen-bond donors (Lipinski definition) is 2. The van der Waals surface area contributed by atoms with Crippen molar-refractivity contribution < 1.29 is 22.7 Å². The maximum absolute atomic E-state index is 11.5. The van der Waals surface area contributed by atoms with Crippen LogP contribution in [-0.4, -0.2) is 58.0 Å². The van der Waals surface area contributed by atoms with E-state index in [4.69, 9.17) is 4.74 Å². The Morgan fingerprint density at radius 3 is 2.61 bits per heavy atom. The fraction of sp³-hybridized carbons (Fsp3) is 0.800. The fourth-order valence-electron chi connectivity index (χ4n) is 1.69. The second kappa shape index (κ2) is 6.69. The van der Waals surface area contributed by atoms with Crippen LogP contribution in [0, 0.1) is 0 Å². The predicted molar refractivity (Wildman–Crippen MR) is 64.7 cm³/mol. The van der Waals surface area contributed by atoms with E-state index in [-0.39, 0.29) is 24.0 Å². The van der Waals surface area contributed by atoms with Crippen LogP contribution in [0.15, 0.2) is 0 Å². The minimum Gasteiger partial charge on any atom is -0.383 e. The SMILES string of the molecule is COCCNC(=O)CC(=O)NC1CCS(=O)(=O)C1. The van der Waals surface area contributed by atoms with E-state index in [0.29, 0.717) is 19.6 Å². The summed E-state index contributed by atoms with van der Waals surface area (Å²) in [6, 6.07) is -0.366. The third-order valence-corrected chi connectivity index (χ3v) is 4.31. The van der Waals surface area contributed by atoms with Gasteiger partial charge in [-0.3, -0.25) is 9.59 Å². The van der Waals surface area contributed by atoms with E-state index in [0.717, 1.165) is 0 Å². The van der Waals surface area contributed by atoms with Crippen LogP contribution in [0.3, 0.4) is 0 Å². The van der Waals surface area contributed by atoms with Crippen molar-refractivity contribution in [1.29, 1.82) is 0 Å². The number of carbonyl (C=O) groups excluding carboxylic acids is 2. The highest BCUT2D eigenvalue weighted by atomic mass is 32.2. The maximum Gasteiger partial charge on any atom is 0.229 e. The standard InChI is InChI=1S/C10H18N2O5S/c1-17-4-3-11-9(13)6-10(14)12-8-2-5-18(15,16)7-8/h8H,2-7H2,1H3,(H,11,13)(H,12,14). The zero-order chi connectivity index (χ0) is 13.6. The van der Waals surface area contributed by atoms with Crippen molar-refractivity contribution in [2.75, 3.05) is 31.8 Å². The van der Waals surface area contributed by atoms with Crippen molar-refractivity contribution in [3.8, 4) is 0 Å². The molecule has 0 aromatic rings. The van der Waals surface area contributed by atoms with E-state index >= 15 is 0 Å². The first-order valence-corrected chi connectivity index (χ1v) is 7.50. The van der Waals surface area contributed by atoms with E-state index in [1.165, 1.54) is 7.11 Å². The molecule has 0 saturated carbocycles. The zero-order valence-electron chi connectivity index (χ0n) is 10.3. The van der Waals surface area contributed by atoms with Gasteiger partial charge in [-0.2, -0.15) is 0 Å². The van der Waals surface area contributed by atoms with Gasteiger partial charge in [0.05, 0.1) is 18.1 Å². The number of carbonyl (C=O) groups is 2. The summed E-state index contributed by atoms with van der Waals surface area (Å²) in [7, 11) is -1.51. The summed E-state index contributed by atoms with van der Waals surface area (Å²) in [4.78, 5) is 22.7. The van der Waals surface area contributed by atoms with Gasteiger partial charge in [-0.1, -0.05) is 0 Å². The lowest BCUT2D eigenvalue weighted by Gasteiger charge is -2.10. The topological polar surface area (TPSA) is 102 Å². The van der Waals surface area contributed by atoms with Gasteiger partial charge in [0.25, 0.3) is 0 Å². The maximum atomic E-state index is 11.5. The van der Waals surface area contributed by atoms with Crippen LogP contribution in [0.1, 0.15) is 12.8 Å². The highest BCUT2D eigenvalue weighted by molar-refractivity contribution is 7.91. The summed E-state index contributed by atoms with van der Waals surface area (Å²) >= 11 is 0. The summed E-state index contributed by atoms with van der Waals surface area (Å²) in [6.07, 6.45) is 0.125. The van der Waals surface area contributed by atoms with E-state index in [1.54, 1.807) is 0 Å². The molecular formula is C10H18N2O5S. The van der Waals surface area contributed by atoms with Crippen LogP contribution in [0.2, 0.25) is 0 Å². The molecule has 7 nitrogen and oxygen atoms in total. The normalized spacial score (nSPS) is 21.5. The lowest BCUT2D eigenvalue weighted by molar-refractivity contribution is -0.129. The molecule has 0 aromatic carbocycles. The van der Waals surface area contributed by atoms with Crippen LogP contribution in [0.4, 0.5) is 0 Å². The molecule has 1 rings (SSSR count). The number of rotatable bonds is 6. The minimum absolute atomic E-state index is 0.0377. The Morgan fingerprint density at radius 2 is 2.06 bits per heavy atom. The molecule has 18 heavy (non-hydrogen) atoms. The molecule has 0 aliphatic carbocycles. The second-order valence-corrected chi connectivity index (χ2v) is 6.42. The molecule has 8 heteroatoms. The predicted octanol–water partition coefficient (Wildman–Crippen LogP) is -1.56. The van der Waals surface area contributed by atoms with Crippen molar-refractivity contribution >= 4 is 21.7 Å². The number of methoxy groups -OCH3 is 1. The molecule has 0 aromatic heterocycles. The largest absolute Gasteiger partial charge is 0.383 e. The average molecular weight is 278 g/mol. The second-order valence-electron chi connectivity index (χ2n) is 4.19. The van der Waals surface area contributed by atoms with Gasteiger partial charge >= 0.3 is 0 Å². The summed E-state index contributed by atoms with van der Waals surface area (Å²) in [5.74, 6) is -0.792. The summed E-state index contributed by atoms with van der Waals surface area (Å²) in [5, 5.41) is 5.06. The van der Waals surface area contributed by atoms with Crippen molar-refractivity contribution in [2.24, 2.45) is 0 Å². The monoisotopic (exact) mass is 278 g/mol. The molecule has 1 saturated heterocycles. The first-order valence-electron chi connectivity index (χ1n) is 5.68. The van der Waals surface area contributed by atoms with Crippen LogP contribution in [0.25, 0.3) is 0 Å². The Morgan fingerprint density at radius 1 is 1.33 bits per heavy atom. The molecule has 1 aliphatic rings. The van der Waals surface area contributed by atoms with E-state index in [1.807, 2.05) is 0 Å². The minimum atomic E-state index is -3.02.